The molecule has 0 radical (unpaired) electrons. The number of thiocarbonyl (C=S) groups is 1. The number of aromatic nitrogens is 2. The Kier molecular flexibility index (Phi) is 5.24. The fourth-order valence-corrected chi connectivity index (χ4v) is 3.05. The van der Waals surface area contributed by atoms with Crippen LogP contribution in [0.15, 0.2) is 65.2 Å². The van der Waals surface area contributed by atoms with Gasteiger partial charge in [-0.05, 0) is 61.6 Å². The minimum atomic E-state index is -0.306. The number of hydrogen-bond donors (Lipinski definition) is 2. The molecular formula is C21H15ClN4O2S. The van der Waals surface area contributed by atoms with Crippen molar-refractivity contribution in [2.45, 2.75) is 6.92 Å². The molecule has 0 aliphatic carbocycles. The summed E-state index contributed by atoms with van der Waals surface area (Å²) in [7, 11) is 0. The molecule has 0 spiro atoms. The molecule has 0 bridgehead atoms. The quantitative estimate of drug-likeness (QED) is 0.453. The Hall–Kier alpha value is -3.29. The number of carbonyl (C=O) groups excluding carboxylic acids is 1. The van der Waals surface area contributed by atoms with Gasteiger partial charge in [0.05, 0.1) is 10.7 Å². The van der Waals surface area contributed by atoms with Crippen molar-refractivity contribution in [2.24, 2.45) is 0 Å². The van der Waals surface area contributed by atoms with Crippen molar-refractivity contribution in [3.63, 3.8) is 0 Å². The molecular weight excluding hydrogens is 408 g/mol. The van der Waals surface area contributed by atoms with Gasteiger partial charge < -0.3 is 9.73 Å². The van der Waals surface area contributed by atoms with E-state index in [0.717, 1.165) is 5.56 Å². The van der Waals surface area contributed by atoms with E-state index in [0.29, 0.717) is 39.0 Å². The topological polar surface area (TPSA) is 80.0 Å². The first kappa shape index (κ1) is 19.0. The van der Waals surface area contributed by atoms with Gasteiger partial charge in [0.25, 0.3) is 5.91 Å². The second-order valence-electron chi connectivity index (χ2n) is 6.31. The van der Waals surface area contributed by atoms with Crippen LogP contribution in [0.5, 0.6) is 0 Å². The van der Waals surface area contributed by atoms with Gasteiger partial charge in [-0.1, -0.05) is 29.3 Å². The Labute approximate surface area is 176 Å². The van der Waals surface area contributed by atoms with Gasteiger partial charge in [0.2, 0.25) is 5.89 Å². The van der Waals surface area contributed by atoms with Gasteiger partial charge in [-0.15, -0.1) is 0 Å². The Bertz CT molecular complexity index is 1190. The normalized spacial score (nSPS) is 10.7. The monoisotopic (exact) mass is 422 g/mol. The standard InChI is InChI=1S/C21H15ClN4O2S/c1-12-4-6-13(7-5-12)19(27)26-21(29)24-16-11-14(8-9-15(16)22)20-25-18-17(28-20)3-2-10-23-18/h2-11H,1H3,(H2,24,26,27,29). The average Bonchev–Trinajstić information content (AvgIpc) is 3.14. The fourth-order valence-electron chi connectivity index (χ4n) is 2.68. The summed E-state index contributed by atoms with van der Waals surface area (Å²) in [4.78, 5) is 20.9. The summed E-state index contributed by atoms with van der Waals surface area (Å²) in [5, 5.41) is 6.17. The van der Waals surface area contributed by atoms with E-state index in [1.54, 1.807) is 48.7 Å². The van der Waals surface area contributed by atoms with Crippen molar-refractivity contribution < 1.29 is 9.21 Å². The molecule has 0 unspecified atom stereocenters. The predicted octanol–water partition coefficient (Wildman–Crippen LogP) is 4.98. The van der Waals surface area contributed by atoms with Crippen LogP contribution in [0.25, 0.3) is 22.7 Å². The minimum Gasteiger partial charge on any atom is -0.434 e. The molecule has 4 rings (SSSR count). The summed E-state index contributed by atoms with van der Waals surface area (Å²) in [6.07, 6.45) is 1.65. The molecule has 1 amide bonds. The van der Waals surface area contributed by atoms with E-state index in [2.05, 4.69) is 20.6 Å². The second kappa shape index (κ2) is 7.98. The fraction of sp³-hybridized carbons (Fsp3) is 0.0476. The average molecular weight is 423 g/mol. The summed E-state index contributed by atoms with van der Waals surface area (Å²) in [5.74, 6) is 0.104. The van der Waals surface area contributed by atoms with E-state index < -0.39 is 0 Å². The number of aryl methyl sites for hydroxylation is 1. The maximum Gasteiger partial charge on any atom is 0.257 e. The lowest BCUT2D eigenvalue weighted by molar-refractivity contribution is 0.0977. The highest BCUT2D eigenvalue weighted by atomic mass is 35.5. The third-order valence-corrected chi connectivity index (χ3v) is 4.70. The van der Waals surface area contributed by atoms with Crippen LogP contribution in [-0.2, 0) is 0 Å². The molecule has 0 fully saturated rings. The summed E-state index contributed by atoms with van der Waals surface area (Å²) in [5.41, 5.74) is 3.91. The summed E-state index contributed by atoms with van der Waals surface area (Å²) >= 11 is 11.5. The van der Waals surface area contributed by atoms with Crippen LogP contribution in [0.3, 0.4) is 0 Å². The van der Waals surface area contributed by atoms with Crippen molar-refractivity contribution in [3.05, 3.63) is 76.9 Å². The lowest BCUT2D eigenvalue weighted by Crippen LogP contribution is -2.34. The van der Waals surface area contributed by atoms with Crippen LogP contribution in [0.4, 0.5) is 5.69 Å². The molecule has 2 aromatic carbocycles. The van der Waals surface area contributed by atoms with Crippen LogP contribution in [0, 0.1) is 6.92 Å². The van der Waals surface area contributed by atoms with E-state index in [4.69, 9.17) is 28.2 Å². The zero-order chi connectivity index (χ0) is 20.4. The number of rotatable bonds is 3. The molecule has 2 aromatic heterocycles. The Balaban J connectivity index is 1.52. The number of nitrogens with one attached hydrogen (secondary N) is 2. The van der Waals surface area contributed by atoms with Crippen LogP contribution in [0.2, 0.25) is 5.02 Å². The van der Waals surface area contributed by atoms with Gasteiger partial charge in [0.15, 0.2) is 16.3 Å². The molecule has 6 nitrogen and oxygen atoms in total. The third kappa shape index (κ3) is 4.26. The molecule has 4 aromatic rings. The van der Waals surface area contributed by atoms with E-state index in [1.165, 1.54) is 0 Å². The lowest BCUT2D eigenvalue weighted by atomic mass is 10.1. The highest BCUT2D eigenvalue weighted by molar-refractivity contribution is 7.80. The van der Waals surface area contributed by atoms with Gasteiger partial charge in [-0.25, -0.2) is 4.98 Å². The molecule has 0 aliphatic heterocycles. The molecule has 0 atom stereocenters. The SMILES string of the molecule is Cc1ccc(C(=O)NC(=S)Nc2cc(-c3nc4ncccc4o3)ccc2Cl)cc1. The number of halogens is 1. The first-order chi connectivity index (χ1) is 14.0. The van der Waals surface area contributed by atoms with Crippen molar-refractivity contribution >= 4 is 51.8 Å². The molecule has 2 N–H and O–H groups in total. The van der Waals surface area contributed by atoms with E-state index in [1.807, 2.05) is 19.1 Å². The van der Waals surface area contributed by atoms with Crippen molar-refractivity contribution in [2.75, 3.05) is 5.32 Å². The van der Waals surface area contributed by atoms with Crippen LogP contribution in [-0.4, -0.2) is 21.0 Å². The van der Waals surface area contributed by atoms with Crippen LogP contribution in [0.1, 0.15) is 15.9 Å². The van der Waals surface area contributed by atoms with E-state index >= 15 is 0 Å². The number of amides is 1. The highest BCUT2D eigenvalue weighted by Gasteiger charge is 2.13. The van der Waals surface area contributed by atoms with Gasteiger partial charge in [0.1, 0.15) is 0 Å². The summed E-state index contributed by atoms with van der Waals surface area (Å²) < 4.78 is 5.74. The Morgan fingerprint density at radius 3 is 2.69 bits per heavy atom. The van der Waals surface area contributed by atoms with E-state index in [9.17, 15) is 4.79 Å². The van der Waals surface area contributed by atoms with Crippen molar-refractivity contribution in [1.82, 2.24) is 15.3 Å². The van der Waals surface area contributed by atoms with Gasteiger partial charge in [-0.3, -0.25) is 10.1 Å². The van der Waals surface area contributed by atoms with E-state index in [-0.39, 0.29) is 11.0 Å². The molecule has 0 saturated carbocycles. The van der Waals surface area contributed by atoms with Crippen LogP contribution < -0.4 is 10.6 Å². The van der Waals surface area contributed by atoms with Crippen LogP contribution >= 0.6 is 23.8 Å². The van der Waals surface area contributed by atoms with Gasteiger partial charge in [-0.2, -0.15) is 4.98 Å². The predicted molar refractivity (Wildman–Crippen MR) is 117 cm³/mol. The molecule has 144 valence electrons. The molecule has 8 heteroatoms. The number of fused-ring (bicyclic) bond motifs is 1. The first-order valence-corrected chi connectivity index (χ1v) is 9.49. The molecule has 0 saturated heterocycles. The number of nitrogens with zero attached hydrogens (tertiary/aromatic N) is 2. The molecule has 2 heterocycles. The largest absolute Gasteiger partial charge is 0.434 e. The maximum atomic E-state index is 12.3. The zero-order valence-corrected chi connectivity index (χ0v) is 16.8. The first-order valence-electron chi connectivity index (χ1n) is 8.70. The molecule has 0 aliphatic rings. The highest BCUT2D eigenvalue weighted by Crippen LogP contribution is 2.30. The summed E-state index contributed by atoms with van der Waals surface area (Å²) in [6.45, 7) is 1.95. The maximum absolute atomic E-state index is 12.3. The van der Waals surface area contributed by atoms with Crippen molar-refractivity contribution in [1.29, 1.82) is 0 Å². The number of carbonyl (C=O) groups is 1. The lowest BCUT2D eigenvalue weighted by Gasteiger charge is -2.12. The number of hydrogen-bond acceptors (Lipinski definition) is 5. The number of oxazole rings is 1. The second-order valence-corrected chi connectivity index (χ2v) is 7.13. The summed E-state index contributed by atoms with van der Waals surface area (Å²) in [6, 6.07) is 16.0. The number of benzene rings is 2. The molecule has 29 heavy (non-hydrogen) atoms. The smallest absolute Gasteiger partial charge is 0.257 e. The number of anilines is 1. The Morgan fingerprint density at radius 2 is 1.93 bits per heavy atom. The van der Waals surface area contributed by atoms with Gasteiger partial charge >= 0.3 is 0 Å². The Morgan fingerprint density at radius 1 is 1.14 bits per heavy atom. The third-order valence-electron chi connectivity index (χ3n) is 4.17. The zero-order valence-electron chi connectivity index (χ0n) is 15.3. The van der Waals surface area contributed by atoms with Gasteiger partial charge in [0, 0.05) is 17.3 Å². The van der Waals surface area contributed by atoms with Crippen molar-refractivity contribution in [3.8, 4) is 11.5 Å². The number of pyridine rings is 1. The minimum absolute atomic E-state index is 0.133.